The Bertz CT molecular complexity index is 1050. The number of carbonyl (C=O) groups excluding carboxylic acids is 1. The van der Waals surface area contributed by atoms with Gasteiger partial charge in [0.15, 0.2) is 0 Å². The molecule has 1 N–H and O–H groups in total. The molecule has 1 fully saturated rings. The highest BCUT2D eigenvalue weighted by atomic mass is 35.5. The molecule has 1 aromatic carbocycles. The molecule has 2 heterocycles. The van der Waals surface area contributed by atoms with E-state index in [1.54, 1.807) is 23.1 Å². The summed E-state index contributed by atoms with van der Waals surface area (Å²) in [6.45, 7) is 0.944. The lowest BCUT2D eigenvalue weighted by atomic mass is 10.0. The fourth-order valence-corrected chi connectivity index (χ4v) is 3.99. The summed E-state index contributed by atoms with van der Waals surface area (Å²) < 4.78 is 44.6. The fraction of sp³-hybridized carbons (Fsp3) is 0.389. The number of nitrogens with one attached hydrogen (secondary N) is 1. The predicted molar refractivity (Wildman–Crippen MR) is 114 cm³/mol. The number of benzene rings is 1. The number of likely N-dealkylation sites (tertiary alicyclic amines) is 1. The Hall–Kier alpha value is -2.08. The smallest absolute Gasteiger partial charge is 0.323 e. The highest BCUT2D eigenvalue weighted by Crippen LogP contribution is 2.23. The number of hydrogen-bond donors (Lipinski definition) is 1. The lowest BCUT2D eigenvalue weighted by molar-refractivity contribution is 0.208. The van der Waals surface area contributed by atoms with Crippen molar-refractivity contribution in [2.24, 2.45) is 0 Å². The van der Waals surface area contributed by atoms with Crippen LogP contribution in [0.25, 0.3) is 6.08 Å². The van der Waals surface area contributed by atoms with Crippen LogP contribution in [-0.2, 0) is 20.7 Å². The van der Waals surface area contributed by atoms with Crippen molar-refractivity contribution in [1.29, 1.82) is 0 Å². The van der Waals surface area contributed by atoms with Crippen LogP contribution in [0.5, 0.6) is 0 Å². The summed E-state index contributed by atoms with van der Waals surface area (Å²) in [6, 6.07) is 4.27. The third-order valence-electron chi connectivity index (χ3n) is 4.32. The number of halogens is 2. The van der Waals surface area contributed by atoms with Gasteiger partial charge in [0.05, 0.1) is 12.9 Å². The molecule has 1 saturated heterocycles. The van der Waals surface area contributed by atoms with E-state index in [0.717, 1.165) is 23.4 Å². The first-order valence-electron chi connectivity index (χ1n) is 9.07. The summed E-state index contributed by atoms with van der Waals surface area (Å²) in [4.78, 5) is 18.3. The third-order valence-corrected chi connectivity index (χ3v) is 5.82. The molecular formula is C18H20ClFN4O4S2. The number of hydrogen-bond acceptors (Lipinski definition) is 7. The van der Waals surface area contributed by atoms with Gasteiger partial charge in [0.2, 0.25) is 5.13 Å². The van der Waals surface area contributed by atoms with Crippen LogP contribution in [0.3, 0.4) is 0 Å². The van der Waals surface area contributed by atoms with E-state index in [2.05, 4.69) is 18.9 Å². The van der Waals surface area contributed by atoms with Crippen LogP contribution in [0, 0.1) is 5.82 Å². The van der Waals surface area contributed by atoms with Crippen molar-refractivity contribution in [3.63, 3.8) is 0 Å². The van der Waals surface area contributed by atoms with Gasteiger partial charge in [-0.2, -0.15) is 12.8 Å². The highest BCUT2D eigenvalue weighted by Gasteiger charge is 2.20. The van der Waals surface area contributed by atoms with E-state index in [1.807, 2.05) is 0 Å². The monoisotopic (exact) mass is 474 g/mol. The summed E-state index contributed by atoms with van der Waals surface area (Å²) in [5, 5.41) is 3.38. The quantitative estimate of drug-likeness (QED) is 0.642. The molecule has 1 aliphatic rings. The first-order valence-corrected chi connectivity index (χ1v) is 12.0. The molecule has 12 heteroatoms. The van der Waals surface area contributed by atoms with Crippen LogP contribution < -0.4 is 5.32 Å². The van der Waals surface area contributed by atoms with Crippen LogP contribution in [0.15, 0.2) is 23.8 Å². The van der Waals surface area contributed by atoms with E-state index in [9.17, 15) is 17.6 Å². The number of urea groups is 1. The fourth-order valence-electron chi connectivity index (χ4n) is 2.84. The van der Waals surface area contributed by atoms with Crippen molar-refractivity contribution < 1.29 is 21.8 Å². The number of nitrogens with zero attached hydrogens (tertiary/aromatic N) is 3. The average Bonchev–Trinajstić information content (AvgIpc) is 3.10. The number of amides is 2. The van der Waals surface area contributed by atoms with Crippen molar-refractivity contribution in [1.82, 2.24) is 14.3 Å². The van der Waals surface area contributed by atoms with Crippen LogP contribution in [0.1, 0.15) is 24.2 Å². The maximum absolute atomic E-state index is 13.9. The Morgan fingerprint density at radius 3 is 2.80 bits per heavy atom. The van der Waals surface area contributed by atoms with Gasteiger partial charge in [0.25, 0.3) is 10.1 Å². The minimum absolute atomic E-state index is 0.0571. The van der Waals surface area contributed by atoms with Crippen LogP contribution in [0.2, 0.25) is 5.02 Å². The molecule has 0 saturated carbocycles. The Balaban J connectivity index is 1.49. The minimum Gasteiger partial charge on any atom is -0.324 e. The second kappa shape index (κ2) is 9.82. The summed E-state index contributed by atoms with van der Waals surface area (Å²) in [5.41, 5.74) is 1.54. The zero-order valence-corrected chi connectivity index (χ0v) is 18.5. The molecule has 1 aliphatic heterocycles. The number of carbonyl (C=O) groups is 1. The second-order valence-electron chi connectivity index (χ2n) is 6.68. The third kappa shape index (κ3) is 6.73. The van der Waals surface area contributed by atoms with Gasteiger partial charge in [-0.25, -0.2) is 14.2 Å². The summed E-state index contributed by atoms with van der Waals surface area (Å²) in [5.74, 6) is 0.0250. The van der Waals surface area contributed by atoms with Crippen molar-refractivity contribution in [2.45, 2.75) is 19.3 Å². The molecule has 162 valence electrons. The van der Waals surface area contributed by atoms with Crippen molar-refractivity contribution in [3.8, 4) is 0 Å². The van der Waals surface area contributed by atoms with Gasteiger partial charge in [-0.05, 0) is 25.0 Å². The van der Waals surface area contributed by atoms with Gasteiger partial charge in [-0.3, -0.25) is 9.50 Å². The zero-order chi connectivity index (χ0) is 21.7. The van der Waals surface area contributed by atoms with Gasteiger partial charge in [0.1, 0.15) is 11.6 Å². The molecule has 0 radical (unpaired) electrons. The summed E-state index contributed by atoms with van der Waals surface area (Å²) >= 11 is 6.79. The van der Waals surface area contributed by atoms with Gasteiger partial charge in [0, 0.05) is 41.6 Å². The first-order chi connectivity index (χ1) is 14.2. The molecule has 0 spiro atoms. The minimum atomic E-state index is -3.51. The number of rotatable bonds is 6. The summed E-state index contributed by atoms with van der Waals surface area (Å²) in [6.07, 6.45) is 4.27. The molecule has 0 atom stereocenters. The van der Waals surface area contributed by atoms with Gasteiger partial charge < -0.3 is 4.90 Å². The van der Waals surface area contributed by atoms with Crippen LogP contribution >= 0.6 is 23.1 Å². The van der Waals surface area contributed by atoms with E-state index in [4.69, 9.17) is 11.6 Å². The molecule has 0 aliphatic carbocycles. The number of piperidine rings is 1. The maximum atomic E-state index is 13.9. The molecule has 0 bridgehead atoms. The Kier molecular flexibility index (Phi) is 7.40. The SMILES string of the molecule is CS(=O)(=O)OCCc1nsc(NC(=O)N2CCC(=Cc3ccc(Cl)cc3F)CC2)n1. The molecule has 0 unspecified atom stereocenters. The first kappa shape index (κ1) is 22.6. The molecular weight excluding hydrogens is 455 g/mol. The van der Waals surface area contributed by atoms with Crippen molar-refractivity contribution >= 4 is 50.5 Å². The largest absolute Gasteiger partial charge is 0.324 e. The predicted octanol–water partition coefficient (Wildman–Crippen LogP) is 3.56. The molecule has 2 aromatic rings. The molecule has 2 amide bonds. The van der Waals surface area contributed by atoms with Crippen molar-refractivity contribution in [3.05, 3.63) is 46.0 Å². The van der Waals surface area contributed by atoms with Crippen LogP contribution in [0.4, 0.5) is 14.3 Å². The van der Waals surface area contributed by atoms with E-state index in [1.165, 1.54) is 6.07 Å². The highest BCUT2D eigenvalue weighted by molar-refractivity contribution is 7.85. The maximum Gasteiger partial charge on any atom is 0.323 e. The lowest BCUT2D eigenvalue weighted by Gasteiger charge is -2.28. The Morgan fingerprint density at radius 2 is 2.13 bits per heavy atom. The number of anilines is 1. The van der Waals surface area contributed by atoms with Gasteiger partial charge >= 0.3 is 6.03 Å². The standard InChI is InChI=1S/C18H20ClFN4O4S2/c1-30(26,27)28-9-6-16-21-17(29-23-16)22-18(25)24-7-4-12(5-8-24)10-13-2-3-14(19)11-15(13)20/h2-3,10-11H,4-9H2,1H3,(H,21,22,23,25). The zero-order valence-electron chi connectivity index (χ0n) is 16.1. The Labute approximate surface area is 183 Å². The van der Waals surface area contributed by atoms with E-state index in [0.29, 0.717) is 47.5 Å². The van der Waals surface area contributed by atoms with E-state index in [-0.39, 0.29) is 24.9 Å². The topological polar surface area (TPSA) is 101 Å². The van der Waals surface area contributed by atoms with Crippen molar-refractivity contribution in [2.75, 3.05) is 31.3 Å². The van der Waals surface area contributed by atoms with E-state index < -0.39 is 10.1 Å². The average molecular weight is 475 g/mol. The molecule has 30 heavy (non-hydrogen) atoms. The number of aromatic nitrogens is 2. The van der Waals surface area contributed by atoms with Crippen LogP contribution in [-0.4, -0.2) is 54.7 Å². The van der Waals surface area contributed by atoms with Gasteiger partial charge in [-0.15, -0.1) is 0 Å². The lowest BCUT2D eigenvalue weighted by Crippen LogP contribution is -2.39. The summed E-state index contributed by atoms with van der Waals surface area (Å²) in [7, 11) is -3.51. The van der Waals surface area contributed by atoms with E-state index >= 15 is 0 Å². The Morgan fingerprint density at radius 1 is 1.40 bits per heavy atom. The molecule has 3 rings (SSSR count). The molecule has 1 aromatic heterocycles. The normalized spacial score (nSPS) is 14.6. The second-order valence-corrected chi connectivity index (χ2v) is 9.51. The van der Waals surface area contributed by atoms with Gasteiger partial charge in [-0.1, -0.05) is 29.3 Å². The molecule has 8 nitrogen and oxygen atoms in total.